The fraction of sp³-hybridized carbons (Fsp3) is 0.538. The van der Waals surface area contributed by atoms with E-state index in [1.807, 2.05) is 18.4 Å². The van der Waals surface area contributed by atoms with E-state index in [1.165, 1.54) is 24.8 Å². The first-order valence-corrected chi connectivity index (χ1v) is 7.22. The van der Waals surface area contributed by atoms with Crippen LogP contribution in [-0.4, -0.2) is 36.7 Å². The summed E-state index contributed by atoms with van der Waals surface area (Å²) in [6.45, 7) is 4.55. The quantitative estimate of drug-likeness (QED) is 0.668. The van der Waals surface area contributed by atoms with Crippen LogP contribution in [0.3, 0.4) is 0 Å². The molecule has 1 saturated heterocycles. The van der Waals surface area contributed by atoms with Crippen molar-refractivity contribution in [1.82, 2.24) is 10.3 Å². The smallest absolute Gasteiger partial charge is 0.254 e. The summed E-state index contributed by atoms with van der Waals surface area (Å²) in [5.74, 6) is -0.0256. The first-order chi connectivity index (χ1) is 8.75. The number of hydrogen-bond donors (Lipinski definition) is 1. The molecule has 0 saturated carbocycles. The second kappa shape index (κ2) is 6.66. The summed E-state index contributed by atoms with van der Waals surface area (Å²) < 4.78 is 0. The second-order valence-electron chi connectivity index (χ2n) is 4.60. The Morgan fingerprint density at radius 3 is 2.94 bits per heavy atom. The first kappa shape index (κ1) is 13.2. The molecule has 1 N–H and O–H groups in total. The highest BCUT2D eigenvalue weighted by atomic mass is 32.1. The van der Waals surface area contributed by atoms with Crippen molar-refractivity contribution >= 4 is 23.5 Å². The van der Waals surface area contributed by atoms with Crippen LogP contribution in [0.1, 0.15) is 29.7 Å². The molecule has 4 nitrogen and oxygen atoms in total. The van der Waals surface area contributed by atoms with Crippen molar-refractivity contribution in [1.29, 1.82) is 0 Å². The maximum atomic E-state index is 11.7. The molecule has 1 aromatic rings. The standard InChI is InChI=1S/C13H19N3OS/c1-11-5-8-18-12(11)9-14-15-13(17)10-16-6-3-2-4-7-16/h5,8-9H,2-4,6-7,10H2,1H3,(H,15,17)/b14-9-. The van der Waals surface area contributed by atoms with Gasteiger partial charge in [-0.2, -0.15) is 5.10 Å². The van der Waals surface area contributed by atoms with Gasteiger partial charge in [-0.15, -0.1) is 11.3 Å². The van der Waals surface area contributed by atoms with Gasteiger partial charge in [0.25, 0.3) is 5.91 Å². The lowest BCUT2D eigenvalue weighted by atomic mass is 10.1. The Labute approximate surface area is 112 Å². The van der Waals surface area contributed by atoms with Crippen molar-refractivity contribution in [3.05, 3.63) is 21.9 Å². The van der Waals surface area contributed by atoms with Gasteiger partial charge < -0.3 is 0 Å². The highest BCUT2D eigenvalue weighted by Crippen LogP contribution is 2.12. The monoisotopic (exact) mass is 265 g/mol. The Balaban J connectivity index is 1.74. The maximum Gasteiger partial charge on any atom is 0.254 e. The van der Waals surface area contributed by atoms with Gasteiger partial charge in [0.15, 0.2) is 0 Å². The number of rotatable bonds is 4. The predicted molar refractivity (Wildman–Crippen MR) is 75.1 cm³/mol. The lowest BCUT2D eigenvalue weighted by molar-refractivity contribution is -0.122. The molecule has 0 atom stereocenters. The van der Waals surface area contributed by atoms with Gasteiger partial charge in [0, 0.05) is 4.88 Å². The number of piperidine rings is 1. The van der Waals surface area contributed by atoms with Gasteiger partial charge in [-0.1, -0.05) is 6.42 Å². The minimum atomic E-state index is -0.0256. The Kier molecular flexibility index (Phi) is 4.90. The van der Waals surface area contributed by atoms with E-state index in [-0.39, 0.29) is 5.91 Å². The number of likely N-dealkylation sites (tertiary alicyclic amines) is 1. The predicted octanol–water partition coefficient (Wildman–Crippen LogP) is 1.99. The van der Waals surface area contributed by atoms with E-state index in [0.29, 0.717) is 6.54 Å². The van der Waals surface area contributed by atoms with Crippen LogP contribution in [0.2, 0.25) is 0 Å². The molecule has 1 aliphatic heterocycles. The molecule has 5 heteroatoms. The molecule has 0 aliphatic carbocycles. The van der Waals surface area contributed by atoms with E-state index in [9.17, 15) is 4.79 Å². The number of hydrogen-bond acceptors (Lipinski definition) is 4. The molecule has 0 radical (unpaired) electrons. The summed E-state index contributed by atoms with van der Waals surface area (Å²) in [4.78, 5) is 14.9. The fourth-order valence-corrected chi connectivity index (χ4v) is 2.82. The molecule has 2 heterocycles. The number of nitrogens with one attached hydrogen (secondary N) is 1. The lowest BCUT2D eigenvalue weighted by Gasteiger charge is -2.25. The molecular formula is C13H19N3OS. The number of hydrazone groups is 1. The lowest BCUT2D eigenvalue weighted by Crippen LogP contribution is -2.38. The first-order valence-electron chi connectivity index (χ1n) is 6.34. The number of carbonyl (C=O) groups is 1. The van der Waals surface area contributed by atoms with Gasteiger partial charge in [-0.05, 0) is 49.9 Å². The van der Waals surface area contributed by atoms with Crippen LogP contribution in [0.5, 0.6) is 0 Å². The van der Waals surface area contributed by atoms with Crippen molar-refractivity contribution in [2.45, 2.75) is 26.2 Å². The van der Waals surface area contributed by atoms with Crippen LogP contribution in [0, 0.1) is 6.92 Å². The summed E-state index contributed by atoms with van der Waals surface area (Å²) in [5, 5.41) is 6.02. The van der Waals surface area contributed by atoms with Gasteiger partial charge in [-0.3, -0.25) is 9.69 Å². The van der Waals surface area contributed by atoms with E-state index in [4.69, 9.17) is 0 Å². The molecule has 1 aliphatic rings. The number of nitrogens with zero attached hydrogens (tertiary/aromatic N) is 2. The van der Waals surface area contributed by atoms with Crippen LogP contribution in [0.15, 0.2) is 16.5 Å². The van der Waals surface area contributed by atoms with Crippen LogP contribution in [-0.2, 0) is 4.79 Å². The molecule has 0 unspecified atom stereocenters. The summed E-state index contributed by atoms with van der Waals surface area (Å²) in [5.41, 5.74) is 3.78. The van der Waals surface area contributed by atoms with Crippen LogP contribution in [0.4, 0.5) is 0 Å². The Bertz CT molecular complexity index is 422. The van der Waals surface area contributed by atoms with Crippen molar-refractivity contribution in [2.24, 2.45) is 5.10 Å². The highest BCUT2D eigenvalue weighted by Gasteiger charge is 2.12. The molecule has 98 valence electrons. The van der Waals surface area contributed by atoms with Gasteiger partial charge in [0.1, 0.15) is 0 Å². The van der Waals surface area contributed by atoms with E-state index >= 15 is 0 Å². The summed E-state index contributed by atoms with van der Waals surface area (Å²) in [6.07, 6.45) is 5.40. The molecule has 0 aromatic carbocycles. The zero-order valence-corrected chi connectivity index (χ0v) is 11.5. The third-order valence-electron chi connectivity index (χ3n) is 3.09. The molecule has 1 aromatic heterocycles. The Morgan fingerprint density at radius 1 is 1.50 bits per heavy atom. The van der Waals surface area contributed by atoms with Gasteiger partial charge >= 0.3 is 0 Å². The van der Waals surface area contributed by atoms with Crippen LogP contribution < -0.4 is 5.43 Å². The third-order valence-corrected chi connectivity index (χ3v) is 4.04. The number of amides is 1. The molecule has 1 amide bonds. The third kappa shape index (κ3) is 3.92. The van der Waals surface area contributed by atoms with Crippen molar-refractivity contribution in [3.63, 3.8) is 0 Å². The van der Waals surface area contributed by atoms with Crippen LogP contribution >= 0.6 is 11.3 Å². The van der Waals surface area contributed by atoms with E-state index in [1.54, 1.807) is 17.6 Å². The van der Waals surface area contributed by atoms with E-state index in [0.717, 1.165) is 18.0 Å². The highest BCUT2D eigenvalue weighted by molar-refractivity contribution is 7.11. The molecule has 1 fully saturated rings. The Hall–Kier alpha value is -1.20. The van der Waals surface area contributed by atoms with Crippen molar-refractivity contribution in [2.75, 3.05) is 19.6 Å². The summed E-state index contributed by atoms with van der Waals surface area (Å²) >= 11 is 1.63. The van der Waals surface area contributed by atoms with E-state index in [2.05, 4.69) is 15.4 Å². The summed E-state index contributed by atoms with van der Waals surface area (Å²) in [7, 11) is 0. The number of aryl methyl sites for hydroxylation is 1. The van der Waals surface area contributed by atoms with Gasteiger partial charge in [0.05, 0.1) is 12.8 Å². The van der Waals surface area contributed by atoms with Crippen molar-refractivity contribution < 1.29 is 4.79 Å². The van der Waals surface area contributed by atoms with E-state index < -0.39 is 0 Å². The fourth-order valence-electron chi connectivity index (χ4n) is 2.04. The molecule has 0 bridgehead atoms. The minimum Gasteiger partial charge on any atom is -0.294 e. The number of thiophene rings is 1. The van der Waals surface area contributed by atoms with Gasteiger partial charge in [0.2, 0.25) is 0 Å². The Morgan fingerprint density at radius 2 is 2.28 bits per heavy atom. The molecule has 2 rings (SSSR count). The average Bonchev–Trinajstić information content (AvgIpc) is 2.76. The topological polar surface area (TPSA) is 44.7 Å². The minimum absolute atomic E-state index is 0.0256. The number of carbonyl (C=O) groups excluding carboxylic acids is 1. The zero-order valence-electron chi connectivity index (χ0n) is 10.7. The molecule has 18 heavy (non-hydrogen) atoms. The molecule has 0 spiro atoms. The summed E-state index contributed by atoms with van der Waals surface area (Å²) in [6, 6.07) is 2.04. The van der Waals surface area contributed by atoms with Crippen molar-refractivity contribution in [3.8, 4) is 0 Å². The largest absolute Gasteiger partial charge is 0.294 e. The van der Waals surface area contributed by atoms with Crippen LogP contribution in [0.25, 0.3) is 0 Å². The second-order valence-corrected chi connectivity index (χ2v) is 5.55. The average molecular weight is 265 g/mol. The normalized spacial score (nSPS) is 17.2. The SMILES string of the molecule is Cc1ccsc1/C=N\NC(=O)CN1CCCCC1. The zero-order chi connectivity index (χ0) is 12.8. The maximum absolute atomic E-state index is 11.7. The molecular weight excluding hydrogens is 246 g/mol. The van der Waals surface area contributed by atoms with Gasteiger partial charge in [-0.25, -0.2) is 5.43 Å².